The lowest BCUT2D eigenvalue weighted by atomic mass is 9.79. The molecule has 2 aromatic rings. The molecular weight excluding hydrogens is 295 g/mol. The van der Waals surface area contributed by atoms with Crippen LogP contribution in [0.4, 0.5) is 4.39 Å². The third-order valence-electron chi connectivity index (χ3n) is 4.59. The molecule has 0 bridgehead atoms. The number of hydrogen-bond acceptors (Lipinski definition) is 2. The first-order chi connectivity index (χ1) is 11.1. The Balaban J connectivity index is 1.79. The van der Waals surface area contributed by atoms with Gasteiger partial charge in [-0.15, -0.1) is 0 Å². The molecule has 0 aliphatic heterocycles. The predicted octanol–water partition coefficient (Wildman–Crippen LogP) is 4.30. The highest BCUT2D eigenvalue weighted by Crippen LogP contribution is 2.42. The lowest BCUT2D eigenvalue weighted by Crippen LogP contribution is -2.32. The Morgan fingerprint density at radius 1 is 1.13 bits per heavy atom. The van der Waals surface area contributed by atoms with Crippen molar-refractivity contribution in [1.29, 1.82) is 0 Å². The fourth-order valence-electron chi connectivity index (χ4n) is 3.26. The summed E-state index contributed by atoms with van der Waals surface area (Å²) in [4.78, 5) is 11.7. The van der Waals surface area contributed by atoms with Gasteiger partial charge in [-0.2, -0.15) is 0 Å². The van der Waals surface area contributed by atoms with Crippen LogP contribution in [0.15, 0.2) is 48.5 Å². The number of carboxylic acids is 1. The molecule has 2 aromatic carbocycles. The summed E-state index contributed by atoms with van der Waals surface area (Å²) >= 11 is 0. The van der Waals surface area contributed by atoms with Crippen molar-refractivity contribution in [2.45, 2.75) is 37.7 Å². The van der Waals surface area contributed by atoms with Crippen molar-refractivity contribution >= 4 is 5.97 Å². The van der Waals surface area contributed by atoms with Gasteiger partial charge < -0.3 is 9.84 Å². The Bertz CT molecular complexity index is 691. The molecule has 120 valence electrons. The quantitative estimate of drug-likeness (QED) is 0.895. The van der Waals surface area contributed by atoms with E-state index < -0.39 is 17.2 Å². The second-order valence-corrected chi connectivity index (χ2v) is 6.01. The Kier molecular flexibility index (Phi) is 4.33. The minimum absolute atomic E-state index is 0.149. The third-order valence-corrected chi connectivity index (χ3v) is 4.59. The van der Waals surface area contributed by atoms with E-state index in [2.05, 4.69) is 0 Å². The number of ether oxygens (including phenoxy) is 1. The summed E-state index contributed by atoms with van der Waals surface area (Å²) in [5, 5.41) is 9.58. The molecule has 1 fully saturated rings. The summed E-state index contributed by atoms with van der Waals surface area (Å²) in [6.45, 7) is 0.279. The zero-order valence-corrected chi connectivity index (χ0v) is 12.8. The first-order valence-electron chi connectivity index (χ1n) is 7.82. The van der Waals surface area contributed by atoms with Gasteiger partial charge >= 0.3 is 5.97 Å². The van der Waals surface area contributed by atoms with Gasteiger partial charge in [0.25, 0.3) is 0 Å². The summed E-state index contributed by atoms with van der Waals surface area (Å²) in [5.41, 5.74) is 0.541. The van der Waals surface area contributed by atoms with Crippen molar-refractivity contribution < 1.29 is 19.0 Å². The first-order valence-corrected chi connectivity index (χ1v) is 7.82. The van der Waals surface area contributed by atoms with Crippen LogP contribution < -0.4 is 4.74 Å². The summed E-state index contributed by atoms with van der Waals surface area (Å²) in [5.74, 6) is -1.23. The van der Waals surface area contributed by atoms with E-state index in [1.807, 2.05) is 30.3 Å². The number of aliphatic carboxylic acids is 1. The zero-order valence-electron chi connectivity index (χ0n) is 12.8. The molecule has 0 aromatic heterocycles. The van der Waals surface area contributed by atoms with Crippen LogP contribution in [0.1, 0.15) is 36.8 Å². The molecule has 0 unspecified atom stereocenters. The van der Waals surface area contributed by atoms with Gasteiger partial charge in [0.15, 0.2) is 11.6 Å². The first kappa shape index (κ1) is 15.5. The van der Waals surface area contributed by atoms with Gasteiger partial charge in [0.05, 0.1) is 5.41 Å². The lowest BCUT2D eigenvalue weighted by Gasteiger charge is -2.24. The fraction of sp³-hybridized carbons (Fsp3) is 0.316. The van der Waals surface area contributed by atoms with Crippen molar-refractivity contribution in [2.75, 3.05) is 0 Å². The Hall–Kier alpha value is -2.36. The number of benzene rings is 2. The molecule has 4 heteroatoms. The topological polar surface area (TPSA) is 46.5 Å². The maximum absolute atomic E-state index is 14.3. The molecule has 1 saturated carbocycles. The van der Waals surface area contributed by atoms with Crippen LogP contribution in [0.2, 0.25) is 0 Å². The molecule has 0 atom stereocenters. The standard InChI is InChI=1S/C19H19FO3/c20-16-12-15(19(18(21)22)10-4-5-11-19)8-9-17(16)23-13-14-6-2-1-3-7-14/h1-3,6-9,12H,4-5,10-11,13H2,(H,21,22). The van der Waals surface area contributed by atoms with E-state index in [0.717, 1.165) is 18.4 Å². The predicted molar refractivity (Wildman–Crippen MR) is 85.0 cm³/mol. The van der Waals surface area contributed by atoms with Gasteiger partial charge in [0, 0.05) is 0 Å². The van der Waals surface area contributed by atoms with Crippen molar-refractivity contribution in [3.05, 3.63) is 65.5 Å². The third kappa shape index (κ3) is 3.07. The Morgan fingerprint density at radius 3 is 2.43 bits per heavy atom. The van der Waals surface area contributed by atoms with E-state index in [0.29, 0.717) is 18.4 Å². The largest absolute Gasteiger partial charge is 0.486 e. The average molecular weight is 314 g/mol. The van der Waals surface area contributed by atoms with Crippen LogP contribution in [0.25, 0.3) is 0 Å². The van der Waals surface area contributed by atoms with E-state index >= 15 is 0 Å². The van der Waals surface area contributed by atoms with Crippen LogP contribution in [-0.4, -0.2) is 11.1 Å². The lowest BCUT2D eigenvalue weighted by molar-refractivity contribution is -0.143. The minimum atomic E-state index is -0.946. The number of halogens is 1. The van der Waals surface area contributed by atoms with Crippen LogP contribution in [0, 0.1) is 5.82 Å². The highest BCUT2D eigenvalue weighted by atomic mass is 19.1. The van der Waals surface area contributed by atoms with Crippen molar-refractivity contribution in [3.63, 3.8) is 0 Å². The number of carbonyl (C=O) groups is 1. The van der Waals surface area contributed by atoms with Gasteiger partial charge in [0.1, 0.15) is 6.61 Å². The van der Waals surface area contributed by atoms with Crippen LogP contribution in [-0.2, 0) is 16.8 Å². The Morgan fingerprint density at radius 2 is 1.83 bits per heavy atom. The van der Waals surface area contributed by atoms with E-state index in [-0.39, 0.29) is 12.4 Å². The molecule has 23 heavy (non-hydrogen) atoms. The van der Waals surface area contributed by atoms with Crippen molar-refractivity contribution in [1.82, 2.24) is 0 Å². The van der Waals surface area contributed by atoms with Gasteiger partial charge in [-0.05, 0) is 36.1 Å². The van der Waals surface area contributed by atoms with Gasteiger partial charge in [-0.3, -0.25) is 4.79 Å². The second kappa shape index (κ2) is 6.41. The molecule has 1 N–H and O–H groups in total. The van der Waals surface area contributed by atoms with E-state index in [4.69, 9.17) is 4.74 Å². The van der Waals surface area contributed by atoms with Crippen molar-refractivity contribution in [3.8, 4) is 5.75 Å². The highest BCUT2D eigenvalue weighted by Gasteiger charge is 2.43. The molecular formula is C19H19FO3. The van der Waals surface area contributed by atoms with Crippen LogP contribution in [0.3, 0.4) is 0 Å². The summed E-state index contributed by atoms with van der Waals surface area (Å²) in [7, 11) is 0. The Labute approximate surface area is 134 Å². The molecule has 3 nitrogen and oxygen atoms in total. The number of hydrogen-bond donors (Lipinski definition) is 1. The molecule has 0 spiro atoms. The molecule has 0 heterocycles. The molecule has 0 saturated heterocycles. The maximum atomic E-state index is 14.3. The van der Waals surface area contributed by atoms with Gasteiger partial charge in [0.2, 0.25) is 0 Å². The second-order valence-electron chi connectivity index (χ2n) is 6.01. The van der Waals surface area contributed by atoms with Crippen LogP contribution >= 0.6 is 0 Å². The highest BCUT2D eigenvalue weighted by molar-refractivity contribution is 5.81. The smallest absolute Gasteiger partial charge is 0.314 e. The average Bonchev–Trinajstić information content (AvgIpc) is 3.06. The monoisotopic (exact) mass is 314 g/mol. The normalized spacial score (nSPS) is 16.2. The number of carboxylic acid groups (broad SMARTS) is 1. The minimum Gasteiger partial charge on any atom is -0.486 e. The van der Waals surface area contributed by atoms with Crippen LogP contribution in [0.5, 0.6) is 5.75 Å². The molecule has 0 amide bonds. The number of rotatable bonds is 5. The van der Waals surface area contributed by atoms with E-state index in [1.165, 1.54) is 12.1 Å². The SMILES string of the molecule is O=C(O)C1(c2ccc(OCc3ccccc3)c(F)c2)CCCC1. The fourth-order valence-corrected chi connectivity index (χ4v) is 3.26. The molecule has 0 radical (unpaired) electrons. The van der Waals surface area contributed by atoms with E-state index in [1.54, 1.807) is 6.07 Å². The summed E-state index contributed by atoms with van der Waals surface area (Å²) in [6.07, 6.45) is 2.85. The van der Waals surface area contributed by atoms with E-state index in [9.17, 15) is 14.3 Å². The summed E-state index contributed by atoms with van der Waals surface area (Å²) < 4.78 is 19.8. The zero-order chi connectivity index (χ0) is 16.3. The molecule has 1 aliphatic rings. The summed E-state index contributed by atoms with van der Waals surface area (Å²) in [6, 6.07) is 14.1. The van der Waals surface area contributed by atoms with Gasteiger partial charge in [-0.1, -0.05) is 49.2 Å². The maximum Gasteiger partial charge on any atom is 0.314 e. The molecule has 1 aliphatic carbocycles. The van der Waals surface area contributed by atoms with Gasteiger partial charge in [-0.25, -0.2) is 4.39 Å². The van der Waals surface area contributed by atoms with Crippen molar-refractivity contribution in [2.24, 2.45) is 0 Å². The molecule has 3 rings (SSSR count).